The van der Waals surface area contributed by atoms with Crippen molar-refractivity contribution in [2.45, 2.75) is 6.92 Å². The van der Waals surface area contributed by atoms with Crippen LogP contribution in [0, 0.1) is 18.3 Å². The first-order valence-electron chi connectivity index (χ1n) is 4.56. The van der Waals surface area contributed by atoms with Crippen LogP contribution in [-0.4, -0.2) is 15.0 Å². The van der Waals surface area contributed by atoms with Gasteiger partial charge in [0, 0.05) is 18.0 Å². The van der Waals surface area contributed by atoms with Crippen molar-refractivity contribution in [3.8, 4) is 17.3 Å². The molecule has 0 saturated carbocycles. The molecule has 0 aliphatic heterocycles. The lowest BCUT2D eigenvalue weighted by Crippen LogP contribution is -1.92. The fourth-order valence-electron chi connectivity index (χ4n) is 1.32. The Morgan fingerprint density at radius 2 is 2.06 bits per heavy atom. The molecule has 0 saturated heterocycles. The Kier molecular flexibility index (Phi) is 2.93. The molecule has 5 heteroatoms. The highest BCUT2D eigenvalue weighted by molar-refractivity contribution is 9.10. The molecule has 0 bridgehead atoms. The molecule has 2 rings (SSSR count). The zero-order valence-electron chi connectivity index (χ0n) is 8.48. The van der Waals surface area contributed by atoms with Gasteiger partial charge >= 0.3 is 0 Å². The third-order valence-corrected chi connectivity index (χ3v) is 2.38. The number of aromatic nitrogens is 3. The molecule has 0 unspecified atom stereocenters. The highest BCUT2D eigenvalue weighted by atomic mass is 79.9. The van der Waals surface area contributed by atoms with Gasteiger partial charge in [0.2, 0.25) is 0 Å². The molecular formula is C11H7BrN4. The number of nitriles is 1. The molecule has 2 heterocycles. The first kappa shape index (κ1) is 10.7. The summed E-state index contributed by atoms with van der Waals surface area (Å²) in [5, 5.41) is 8.79. The largest absolute Gasteiger partial charge is 0.263 e. The van der Waals surface area contributed by atoms with Gasteiger partial charge in [-0.05, 0) is 35.0 Å². The van der Waals surface area contributed by atoms with Crippen molar-refractivity contribution in [2.75, 3.05) is 0 Å². The minimum atomic E-state index is 0.518. The van der Waals surface area contributed by atoms with Gasteiger partial charge in [-0.15, -0.1) is 0 Å². The minimum Gasteiger partial charge on any atom is -0.263 e. The number of rotatable bonds is 1. The fraction of sp³-hybridized carbons (Fsp3) is 0.0909. The van der Waals surface area contributed by atoms with E-state index >= 15 is 0 Å². The molecule has 4 nitrogen and oxygen atoms in total. The maximum Gasteiger partial charge on any atom is 0.127 e. The molecule has 0 amide bonds. The lowest BCUT2D eigenvalue weighted by Gasteiger charge is -2.02. The molecule has 0 fully saturated rings. The van der Waals surface area contributed by atoms with Crippen LogP contribution in [0.4, 0.5) is 0 Å². The van der Waals surface area contributed by atoms with Crippen molar-refractivity contribution in [3.63, 3.8) is 0 Å². The van der Waals surface area contributed by atoms with E-state index < -0.39 is 0 Å². The van der Waals surface area contributed by atoms with Gasteiger partial charge in [-0.3, -0.25) is 4.98 Å². The summed E-state index contributed by atoms with van der Waals surface area (Å²) in [5.41, 5.74) is 2.08. The maximum absolute atomic E-state index is 8.79. The van der Waals surface area contributed by atoms with Crippen molar-refractivity contribution in [1.82, 2.24) is 15.0 Å². The van der Waals surface area contributed by atoms with Crippen LogP contribution in [0.2, 0.25) is 0 Å². The second-order valence-electron chi connectivity index (χ2n) is 3.20. The summed E-state index contributed by atoms with van der Waals surface area (Å²) >= 11 is 3.31. The van der Waals surface area contributed by atoms with E-state index in [1.54, 1.807) is 18.3 Å². The molecule has 0 radical (unpaired) electrons. The zero-order chi connectivity index (χ0) is 11.5. The topological polar surface area (TPSA) is 62.5 Å². The van der Waals surface area contributed by atoms with E-state index in [0.29, 0.717) is 11.4 Å². The van der Waals surface area contributed by atoms with Gasteiger partial charge in [0.05, 0.1) is 11.3 Å². The Balaban J connectivity index is 2.54. The molecule has 2 aromatic heterocycles. The highest BCUT2D eigenvalue weighted by Crippen LogP contribution is 2.19. The van der Waals surface area contributed by atoms with Gasteiger partial charge in [-0.25, -0.2) is 9.97 Å². The summed E-state index contributed by atoms with van der Waals surface area (Å²) in [6.07, 6.45) is 3.20. The molecule has 16 heavy (non-hydrogen) atoms. The molecule has 0 spiro atoms. The van der Waals surface area contributed by atoms with E-state index in [2.05, 4.69) is 30.9 Å². The lowest BCUT2D eigenvalue weighted by molar-refractivity contribution is 1.04. The van der Waals surface area contributed by atoms with Crippen molar-refractivity contribution >= 4 is 15.9 Å². The van der Waals surface area contributed by atoms with Crippen molar-refractivity contribution < 1.29 is 0 Å². The van der Waals surface area contributed by atoms with Crippen LogP contribution in [0.3, 0.4) is 0 Å². The van der Waals surface area contributed by atoms with E-state index in [1.807, 2.05) is 13.0 Å². The molecular weight excluding hydrogens is 268 g/mol. The smallest absolute Gasteiger partial charge is 0.127 e. The minimum absolute atomic E-state index is 0.518. The van der Waals surface area contributed by atoms with Gasteiger partial charge in [0.1, 0.15) is 16.5 Å². The number of nitrogens with zero attached hydrogens (tertiary/aromatic N) is 4. The Morgan fingerprint density at radius 3 is 2.75 bits per heavy atom. The second-order valence-corrected chi connectivity index (χ2v) is 4.01. The van der Waals surface area contributed by atoms with Gasteiger partial charge in [0.15, 0.2) is 0 Å². The van der Waals surface area contributed by atoms with Crippen molar-refractivity contribution in [2.24, 2.45) is 0 Å². The summed E-state index contributed by atoms with van der Waals surface area (Å²) < 4.78 is 0.720. The second kappa shape index (κ2) is 4.37. The van der Waals surface area contributed by atoms with Crippen LogP contribution in [0.5, 0.6) is 0 Å². The van der Waals surface area contributed by atoms with E-state index in [-0.39, 0.29) is 0 Å². The van der Waals surface area contributed by atoms with Crippen LogP contribution >= 0.6 is 15.9 Å². The van der Waals surface area contributed by atoms with E-state index in [1.165, 1.54) is 6.20 Å². The van der Waals surface area contributed by atoms with Crippen LogP contribution in [0.25, 0.3) is 11.3 Å². The first-order chi connectivity index (χ1) is 7.69. The molecule has 0 atom stereocenters. The van der Waals surface area contributed by atoms with Crippen molar-refractivity contribution in [1.29, 1.82) is 5.26 Å². The Morgan fingerprint density at radius 1 is 1.25 bits per heavy atom. The quantitative estimate of drug-likeness (QED) is 0.750. The predicted octanol–water partition coefficient (Wildman–Crippen LogP) is 2.48. The van der Waals surface area contributed by atoms with Crippen LogP contribution in [-0.2, 0) is 0 Å². The number of aryl methyl sites for hydroxylation is 1. The SMILES string of the molecule is Cc1nc(Br)cc(-c2cncc(C#N)c2)n1. The van der Waals surface area contributed by atoms with Crippen LogP contribution in [0.1, 0.15) is 11.4 Å². The predicted molar refractivity (Wildman–Crippen MR) is 62.4 cm³/mol. The van der Waals surface area contributed by atoms with Crippen LogP contribution < -0.4 is 0 Å². The average molecular weight is 275 g/mol. The van der Waals surface area contributed by atoms with Gasteiger partial charge in [0.25, 0.3) is 0 Å². The zero-order valence-corrected chi connectivity index (χ0v) is 10.1. The Hall–Kier alpha value is -1.80. The van der Waals surface area contributed by atoms with Gasteiger partial charge in [-0.1, -0.05) is 0 Å². The molecule has 78 valence electrons. The summed E-state index contributed by atoms with van der Waals surface area (Å²) in [4.78, 5) is 12.4. The van der Waals surface area contributed by atoms with Gasteiger partial charge in [-0.2, -0.15) is 5.26 Å². The van der Waals surface area contributed by atoms with Crippen molar-refractivity contribution in [3.05, 3.63) is 40.5 Å². The number of hydrogen-bond donors (Lipinski definition) is 0. The fourth-order valence-corrected chi connectivity index (χ4v) is 1.79. The molecule has 0 aromatic carbocycles. The number of pyridine rings is 1. The van der Waals surface area contributed by atoms with Gasteiger partial charge < -0.3 is 0 Å². The third-order valence-electron chi connectivity index (χ3n) is 1.97. The first-order valence-corrected chi connectivity index (χ1v) is 5.35. The number of hydrogen-bond acceptors (Lipinski definition) is 4. The van der Waals surface area contributed by atoms with E-state index in [0.717, 1.165) is 15.9 Å². The summed E-state index contributed by atoms with van der Waals surface area (Å²) in [7, 11) is 0. The molecule has 2 aromatic rings. The van der Waals surface area contributed by atoms with E-state index in [9.17, 15) is 0 Å². The molecule has 0 aliphatic rings. The Bertz CT molecular complexity index is 554. The van der Waals surface area contributed by atoms with E-state index in [4.69, 9.17) is 5.26 Å². The average Bonchev–Trinajstić information content (AvgIpc) is 2.28. The summed E-state index contributed by atoms with van der Waals surface area (Å²) in [5.74, 6) is 0.673. The standard InChI is InChI=1S/C11H7BrN4/c1-7-15-10(3-11(12)16-7)9-2-8(4-13)5-14-6-9/h2-3,5-6H,1H3. The maximum atomic E-state index is 8.79. The van der Waals surface area contributed by atoms with Crippen LogP contribution in [0.15, 0.2) is 29.1 Å². The molecule has 0 N–H and O–H groups in total. The summed E-state index contributed by atoms with van der Waals surface area (Å²) in [6, 6.07) is 5.60. The third kappa shape index (κ3) is 2.23. The monoisotopic (exact) mass is 274 g/mol. The highest BCUT2D eigenvalue weighted by Gasteiger charge is 2.04. The molecule has 0 aliphatic carbocycles. The number of halogens is 1. The Labute approximate surface area is 101 Å². The normalized spacial score (nSPS) is 9.81. The lowest BCUT2D eigenvalue weighted by atomic mass is 10.1. The summed E-state index contributed by atoms with van der Waals surface area (Å²) in [6.45, 7) is 1.82.